The molecule has 16 heteroatoms. The summed E-state index contributed by atoms with van der Waals surface area (Å²) in [5, 5.41) is 16.8. The first-order chi connectivity index (χ1) is 25.7. The number of unbranched alkanes of at least 4 members (excludes halogenated alkanes) is 3. The number of likely N-dealkylation sites (N-methyl/N-ethyl adjacent to an activating group) is 1. The SMILES string of the molecule is CCCCCC[C@H]1OC[C@@H](C)NC(=O)[C@H](CNC(=O)CNCCN)NC(=O)[C@H](CN)NC(=O)[C@H](C2CCCCC2)NC(=O)[C@H](CC(C)C)N(C)C(=O)[C@@H]1C. The average molecular weight is 766 g/mol. The summed E-state index contributed by atoms with van der Waals surface area (Å²) in [4.78, 5) is 83.8. The van der Waals surface area contributed by atoms with Crippen LogP contribution in [-0.4, -0.2) is 123 Å². The van der Waals surface area contributed by atoms with Gasteiger partial charge in [-0.2, -0.15) is 0 Å². The number of carbonyl (C=O) groups is 6. The van der Waals surface area contributed by atoms with E-state index in [4.69, 9.17) is 16.2 Å². The molecule has 1 heterocycles. The molecular formula is C38H71N9O7. The first-order valence-electron chi connectivity index (χ1n) is 20.2. The van der Waals surface area contributed by atoms with E-state index in [-0.39, 0.29) is 44.0 Å². The molecule has 0 aromatic rings. The lowest BCUT2D eigenvalue weighted by Gasteiger charge is -2.36. The highest BCUT2D eigenvalue weighted by Gasteiger charge is 2.39. The highest BCUT2D eigenvalue weighted by molar-refractivity contribution is 5.96. The maximum absolute atomic E-state index is 14.2. The topological polar surface area (TPSA) is 239 Å². The molecule has 0 aromatic heterocycles. The lowest BCUT2D eigenvalue weighted by atomic mass is 9.83. The van der Waals surface area contributed by atoms with Gasteiger partial charge in [0.2, 0.25) is 35.4 Å². The van der Waals surface area contributed by atoms with Crippen molar-refractivity contribution < 1.29 is 33.5 Å². The van der Waals surface area contributed by atoms with Gasteiger partial charge in [-0.05, 0) is 44.4 Å². The van der Waals surface area contributed by atoms with E-state index in [2.05, 4.69) is 38.8 Å². The van der Waals surface area contributed by atoms with Crippen molar-refractivity contribution >= 4 is 35.4 Å². The number of hydrogen-bond acceptors (Lipinski definition) is 10. The minimum atomic E-state index is -1.24. The zero-order valence-corrected chi connectivity index (χ0v) is 33.7. The molecule has 10 N–H and O–H groups in total. The lowest BCUT2D eigenvalue weighted by Crippen LogP contribution is -2.62. The summed E-state index contributed by atoms with van der Waals surface area (Å²) in [6, 6.07) is -4.84. The van der Waals surface area contributed by atoms with Crippen molar-refractivity contribution in [3.05, 3.63) is 0 Å². The van der Waals surface area contributed by atoms with Gasteiger partial charge in [-0.25, -0.2) is 0 Å². The first kappa shape index (κ1) is 46.8. The van der Waals surface area contributed by atoms with E-state index in [9.17, 15) is 28.8 Å². The van der Waals surface area contributed by atoms with E-state index in [1.54, 1.807) is 20.9 Å². The van der Waals surface area contributed by atoms with Crippen molar-refractivity contribution in [3.63, 3.8) is 0 Å². The van der Waals surface area contributed by atoms with Crippen LogP contribution in [0.2, 0.25) is 0 Å². The van der Waals surface area contributed by atoms with Gasteiger partial charge in [0.25, 0.3) is 0 Å². The Morgan fingerprint density at radius 3 is 2.19 bits per heavy atom. The van der Waals surface area contributed by atoms with Gasteiger partial charge >= 0.3 is 0 Å². The molecule has 1 saturated heterocycles. The maximum Gasteiger partial charge on any atom is 0.244 e. The monoisotopic (exact) mass is 766 g/mol. The molecule has 2 rings (SSSR count). The van der Waals surface area contributed by atoms with E-state index in [0.29, 0.717) is 38.8 Å². The van der Waals surface area contributed by atoms with Gasteiger partial charge in [-0.1, -0.05) is 72.6 Å². The zero-order valence-electron chi connectivity index (χ0n) is 33.7. The summed E-state index contributed by atoms with van der Waals surface area (Å²) in [6.45, 7) is 9.90. The number of ether oxygens (including phenoxy) is 1. The summed E-state index contributed by atoms with van der Waals surface area (Å²) >= 11 is 0. The van der Waals surface area contributed by atoms with Gasteiger partial charge in [0.15, 0.2) is 0 Å². The molecule has 54 heavy (non-hydrogen) atoms. The molecule has 6 amide bonds. The fourth-order valence-electron chi connectivity index (χ4n) is 7.10. The standard InChI is InChI=1S/C38H71N9O7/c1-7-8-9-13-16-31-26(5)38(53)47(6)30(19-24(2)3)36(51)46-33(27-14-11-10-12-15-27)37(52)44-28(20-40)34(49)45-29(35(50)43-25(4)23-54-31)21-42-32(48)22-41-18-17-39/h24-31,33,41H,7-23,39-40H2,1-6H3,(H,42,48)(H,43,50)(H,44,52)(H,45,49)(H,46,51)/t25-,26-,28+,29+,30+,31-,33+/m1/s1. The van der Waals surface area contributed by atoms with Gasteiger partial charge in [0.05, 0.1) is 25.2 Å². The molecule has 2 aliphatic rings. The third-order valence-electron chi connectivity index (χ3n) is 10.4. The second kappa shape index (κ2) is 24.9. The molecule has 310 valence electrons. The molecule has 0 spiro atoms. The van der Waals surface area contributed by atoms with Gasteiger partial charge in [0.1, 0.15) is 24.2 Å². The fourth-order valence-corrected chi connectivity index (χ4v) is 7.10. The Labute approximate surface area is 322 Å². The summed E-state index contributed by atoms with van der Waals surface area (Å²) in [7, 11) is 1.63. The normalized spacial score (nSPS) is 27.6. The number of nitrogens with one attached hydrogen (secondary N) is 6. The number of nitrogens with zero attached hydrogens (tertiary/aromatic N) is 1. The van der Waals surface area contributed by atoms with Crippen molar-refractivity contribution in [3.8, 4) is 0 Å². The Bertz CT molecular complexity index is 1200. The van der Waals surface area contributed by atoms with Gasteiger partial charge in [-0.3, -0.25) is 28.8 Å². The summed E-state index contributed by atoms with van der Waals surface area (Å²) in [6.07, 6.45) is 8.59. The molecule has 1 aliphatic heterocycles. The largest absolute Gasteiger partial charge is 0.375 e. The van der Waals surface area contributed by atoms with Crippen LogP contribution in [0, 0.1) is 17.8 Å². The predicted octanol–water partition coefficient (Wildman–Crippen LogP) is 0.0274. The maximum atomic E-state index is 14.2. The molecule has 0 bridgehead atoms. The molecule has 2 fully saturated rings. The summed E-state index contributed by atoms with van der Waals surface area (Å²) in [5.74, 6) is -3.71. The minimum Gasteiger partial charge on any atom is -0.375 e. The predicted molar refractivity (Wildman–Crippen MR) is 208 cm³/mol. The molecular weight excluding hydrogens is 694 g/mol. The van der Waals surface area contributed by atoms with E-state index in [1.165, 1.54) is 4.90 Å². The zero-order chi connectivity index (χ0) is 40.2. The minimum absolute atomic E-state index is 0.0384. The first-order valence-corrected chi connectivity index (χ1v) is 20.2. The Kier molecular flexibility index (Phi) is 21.6. The van der Waals surface area contributed by atoms with Crippen LogP contribution in [-0.2, 0) is 33.5 Å². The molecule has 16 nitrogen and oxygen atoms in total. The van der Waals surface area contributed by atoms with Gasteiger partial charge in [-0.15, -0.1) is 0 Å². The number of amides is 6. The summed E-state index contributed by atoms with van der Waals surface area (Å²) < 4.78 is 6.37. The second-order valence-electron chi connectivity index (χ2n) is 15.5. The van der Waals surface area contributed by atoms with Crippen molar-refractivity contribution in [1.29, 1.82) is 0 Å². The van der Waals surface area contributed by atoms with Gasteiger partial charge in [0, 0.05) is 39.3 Å². The Morgan fingerprint density at radius 1 is 0.889 bits per heavy atom. The van der Waals surface area contributed by atoms with Gasteiger partial charge < -0.3 is 53.0 Å². The van der Waals surface area contributed by atoms with Crippen LogP contribution in [0.15, 0.2) is 0 Å². The number of hydrogen-bond donors (Lipinski definition) is 8. The quantitative estimate of drug-likeness (QED) is 0.104. The highest BCUT2D eigenvalue weighted by atomic mass is 16.5. The van der Waals surface area contributed by atoms with Crippen LogP contribution >= 0.6 is 0 Å². The number of carbonyl (C=O) groups excluding carboxylic acids is 6. The fraction of sp³-hybridized carbons (Fsp3) is 0.842. The van der Waals surface area contributed by atoms with Crippen LogP contribution in [0.3, 0.4) is 0 Å². The Hall–Kier alpha value is -3.34. The van der Waals surface area contributed by atoms with Crippen LogP contribution in [0.25, 0.3) is 0 Å². The molecule has 0 radical (unpaired) electrons. The lowest BCUT2D eigenvalue weighted by molar-refractivity contribution is -0.147. The van der Waals surface area contributed by atoms with Crippen molar-refractivity contribution in [2.75, 3.05) is 46.4 Å². The third kappa shape index (κ3) is 15.8. The second-order valence-corrected chi connectivity index (χ2v) is 15.5. The average Bonchev–Trinajstić information content (AvgIpc) is 3.15. The van der Waals surface area contributed by atoms with Crippen molar-refractivity contribution in [1.82, 2.24) is 36.8 Å². The Morgan fingerprint density at radius 2 is 1.56 bits per heavy atom. The van der Waals surface area contributed by atoms with Crippen LogP contribution in [0.1, 0.15) is 105 Å². The highest BCUT2D eigenvalue weighted by Crippen LogP contribution is 2.28. The van der Waals surface area contributed by atoms with Crippen molar-refractivity contribution in [2.45, 2.75) is 142 Å². The smallest absolute Gasteiger partial charge is 0.244 e. The number of nitrogens with two attached hydrogens (primary N) is 2. The summed E-state index contributed by atoms with van der Waals surface area (Å²) in [5.41, 5.74) is 11.5. The van der Waals surface area contributed by atoms with E-state index in [1.807, 2.05) is 13.8 Å². The van der Waals surface area contributed by atoms with Crippen LogP contribution in [0.5, 0.6) is 0 Å². The third-order valence-corrected chi connectivity index (χ3v) is 10.4. The molecule has 1 aliphatic carbocycles. The molecule has 0 unspecified atom stereocenters. The molecule has 7 atom stereocenters. The molecule has 0 aromatic carbocycles. The molecule has 1 saturated carbocycles. The van der Waals surface area contributed by atoms with E-state index < -0.39 is 71.8 Å². The van der Waals surface area contributed by atoms with E-state index >= 15 is 0 Å². The number of rotatable bonds is 15. The van der Waals surface area contributed by atoms with Crippen LogP contribution in [0.4, 0.5) is 0 Å². The van der Waals surface area contributed by atoms with Crippen LogP contribution < -0.4 is 43.4 Å². The van der Waals surface area contributed by atoms with E-state index in [0.717, 1.165) is 44.9 Å². The Balaban J connectivity index is 2.54. The van der Waals surface area contributed by atoms with Crippen molar-refractivity contribution in [2.24, 2.45) is 29.2 Å².